The zero-order chi connectivity index (χ0) is 17.0. The fourth-order valence-corrected chi connectivity index (χ4v) is 2.65. The van der Waals surface area contributed by atoms with Crippen molar-refractivity contribution in [1.29, 1.82) is 0 Å². The molecule has 0 aliphatic heterocycles. The predicted octanol–water partition coefficient (Wildman–Crippen LogP) is 1.68. The Hall–Kier alpha value is -1.58. The molecule has 0 radical (unpaired) electrons. The van der Waals surface area contributed by atoms with Crippen molar-refractivity contribution in [2.24, 2.45) is 19.1 Å². The van der Waals surface area contributed by atoms with Gasteiger partial charge < -0.3 is 10.6 Å². The summed E-state index contributed by atoms with van der Waals surface area (Å²) in [5, 5.41) is 15.4. The summed E-state index contributed by atoms with van der Waals surface area (Å²) in [5.41, 5.74) is 4.74. The first-order valence-corrected chi connectivity index (χ1v) is 7.84. The van der Waals surface area contributed by atoms with E-state index in [1.54, 1.807) is 11.7 Å². The maximum atomic E-state index is 4.48. The van der Waals surface area contributed by atoms with Crippen LogP contribution in [0.15, 0.2) is 17.4 Å². The number of hydrogen-bond donors (Lipinski definition) is 2. The quantitative estimate of drug-likeness (QED) is 0.418. The van der Waals surface area contributed by atoms with Crippen molar-refractivity contribution in [2.75, 3.05) is 7.05 Å². The molecule has 2 aromatic rings. The van der Waals surface area contributed by atoms with E-state index in [0.717, 1.165) is 23.6 Å². The summed E-state index contributed by atoms with van der Waals surface area (Å²) in [7, 11) is 5.68. The molecule has 8 heteroatoms. The normalized spacial score (nSPS) is 12.7. The first kappa shape index (κ1) is 20.5. The van der Waals surface area contributed by atoms with Crippen LogP contribution in [0.2, 0.25) is 0 Å². The monoisotopic (exact) mass is 445 g/mol. The van der Waals surface area contributed by atoms with Gasteiger partial charge in [0.1, 0.15) is 0 Å². The lowest BCUT2D eigenvalue weighted by Crippen LogP contribution is -2.42. The molecular weight excluding hydrogens is 417 g/mol. The molecule has 1 atom stereocenters. The molecule has 2 heterocycles. The van der Waals surface area contributed by atoms with Crippen LogP contribution in [0.5, 0.6) is 0 Å². The van der Waals surface area contributed by atoms with Crippen LogP contribution in [0.1, 0.15) is 29.4 Å². The van der Waals surface area contributed by atoms with Gasteiger partial charge in [0.15, 0.2) is 5.96 Å². The van der Waals surface area contributed by atoms with Crippen molar-refractivity contribution >= 4 is 29.9 Å². The van der Waals surface area contributed by atoms with E-state index in [2.05, 4.69) is 46.6 Å². The minimum Gasteiger partial charge on any atom is -0.354 e. The highest BCUT2D eigenvalue weighted by molar-refractivity contribution is 14.0. The maximum Gasteiger partial charge on any atom is 0.191 e. The number of aliphatic imine (C=N–C) groups is 1. The molecule has 0 saturated heterocycles. The third-order valence-corrected chi connectivity index (χ3v) is 3.99. The Morgan fingerprint density at radius 1 is 1.33 bits per heavy atom. The third kappa shape index (κ3) is 5.22. The standard InChI is InChI=1S/C16H27N7.HI/c1-11(7-15-12(2)21-23(6)13(15)3)20-16(17-4)18-8-14-9-19-22(5)10-14;/h9-11H,7-8H2,1-6H3,(H2,17,18,20);1H. The van der Waals surface area contributed by atoms with E-state index < -0.39 is 0 Å². The van der Waals surface area contributed by atoms with Crippen LogP contribution >= 0.6 is 24.0 Å². The number of hydrogen-bond acceptors (Lipinski definition) is 3. The van der Waals surface area contributed by atoms with Gasteiger partial charge in [-0.1, -0.05) is 0 Å². The van der Waals surface area contributed by atoms with Gasteiger partial charge in [-0.15, -0.1) is 24.0 Å². The van der Waals surface area contributed by atoms with E-state index in [4.69, 9.17) is 0 Å². The average Bonchev–Trinajstić information content (AvgIpc) is 3.02. The Labute approximate surface area is 160 Å². The molecular formula is C16H28IN7. The Balaban J connectivity index is 0.00000288. The molecule has 2 N–H and O–H groups in total. The number of halogens is 1. The lowest BCUT2D eigenvalue weighted by atomic mass is 10.1. The van der Waals surface area contributed by atoms with E-state index in [9.17, 15) is 0 Å². The van der Waals surface area contributed by atoms with Gasteiger partial charge in [-0.2, -0.15) is 10.2 Å². The van der Waals surface area contributed by atoms with Crippen LogP contribution in [0.3, 0.4) is 0 Å². The van der Waals surface area contributed by atoms with E-state index in [0.29, 0.717) is 6.54 Å². The van der Waals surface area contributed by atoms with E-state index >= 15 is 0 Å². The smallest absolute Gasteiger partial charge is 0.191 e. The molecule has 0 spiro atoms. The van der Waals surface area contributed by atoms with Crippen LogP contribution < -0.4 is 10.6 Å². The van der Waals surface area contributed by atoms with Crippen LogP contribution in [0.25, 0.3) is 0 Å². The summed E-state index contributed by atoms with van der Waals surface area (Å²) in [6.45, 7) is 7.02. The van der Waals surface area contributed by atoms with Gasteiger partial charge in [-0.05, 0) is 32.8 Å². The summed E-state index contributed by atoms with van der Waals surface area (Å²) >= 11 is 0. The second-order valence-electron chi connectivity index (χ2n) is 5.97. The summed E-state index contributed by atoms with van der Waals surface area (Å²) in [5.74, 6) is 0.792. The Kier molecular flexibility index (Phi) is 7.71. The maximum absolute atomic E-state index is 4.48. The lowest BCUT2D eigenvalue weighted by Gasteiger charge is -2.18. The number of guanidine groups is 1. The van der Waals surface area contributed by atoms with Gasteiger partial charge in [-0.25, -0.2) is 0 Å². The molecule has 0 aliphatic carbocycles. The van der Waals surface area contributed by atoms with Crippen molar-refractivity contribution < 1.29 is 0 Å². The summed E-state index contributed by atoms with van der Waals surface area (Å²) in [4.78, 5) is 4.29. The second kappa shape index (κ2) is 9.05. The molecule has 0 aliphatic rings. The van der Waals surface area contributed by atoms with Crippen molar-refractivity contribution in [2.45, 2.75) is 39.8 Å². The zero-order valence-corrected chi connectivity index (χ0v) is 17.6. The highest BCUT2D eigenvalue weighted by atomic mass is 127. The van der Waals surface area contributed by atoms with Gasteiger partial charge in [0.05, 0.1) is 11.9 Å². The molecule has 0 saturated carbocycles. The van der Waals surface area contributed by atoms with Crippen LogP contribution in [-0.2, 0) is 27.1 Å². The van der Waals surface area contributed by atoms with Gasteiger partial charge in [-0.3, -0.25) is 14.4 Å². The molecule has 0 bridgehead atoms. The highest BCUT2D eigenvalue weighted by Gasteiger charge is 2.14. The largest absolute Gasteiger partial charge is 0.354 e. The first-order valence-electron chi connectivity index (χ1n) is 7.84. The van der Waals surface area contributed by atoms with Gasteiger partial charge in [0, 0.05) is 51.2 Å². The topological polar surface area (TPSA) is 72.1 Å². The molecule has 2 aromatic heterocycles. The molecule has 24 heavy (non-hydrogen) atoms. The van der Waals surface area contributed by atoms with Crippen LogP contribution in [0.4, 0.5) is 0 Å². The Morgan fingerprint density at radius 3 is 2.54 bits per heavy atom. The van der Waals surface area contributed by atoms with Crippen LogP contribution in [0, 0.1) is 13.8 Å². The number of aryl methyl sites for hydroxylation is 3. The average molecular weight is 445 g/mol. The molecule has 2 rings (SSSR count). The van der Waals surface area contributed by atoms with Crippen molar-refractivity contribution in [1.82, 2.24) is 30.2 Å². The second-order valence-corrected chi connectivity index (χ2v) is 5.97. The Bertz CT molecular complexity index is 687. The number of rotatable bonds is 5. The minimum absolute atomic E-state index is 0. The predicted molar refractivity (Wildman–Crippen MR) is 108 cm³/mol. The van der Waals surface area contributed by atoms with Crippen molar-refractivity contribution in [3.63, 3.8) is 0 Å². The van der Waals surface area contributed by atoms with Crippen molar-refractivity contribution in [3.05, 3.63) is 34.9 Å². The highest BCUT2D eigenvalue weighted by Crippen LogP contribution is 2.14. The zero-order valence-electron chi connectivity index (χ0n) is 15.3. The van der Waals surface area contributed by atoms with Gasteiger partial charge >= 0.3 is 0 Å². The third-order valence-electron chi connectivity index (χ3n) is 3.99. The minimum atomic E-state index is 0. The fraction of sp³-hybridized carbons (Fsp3) is 0.562. The number of nitrogens with zero attached hydrogens (tertiary/aromatic N) is 5. The van der Waals surface area contributed by atoms with E-state index in [-0.39, 0.29) is 30.0 Å². The summed E-state index contributed by atoms with van der Waals surface area (Å²) in [6.07, 6.45) is 4.76. The fourth-order valence-electron chi connectivity index (χ4n) is 2.65. The lowest BCUT2D eigenvalue weighted by molar-refractivity contribution is 0.635. The Morgan fingerprint density at radius 2 is 2.04 bits per heavy atom. The molecule has 7 nitrogen and oxygen atoms in total. The first-order chi connectivity index (χ1) is 10.9. The van der Waals surface area contributed by atoms with E-state index in [1.807, 2.05) is 31.2 Å². The number of aromatic nitrogens is 4. The molecule has 0 aromatic carbocycles. The van der Waals surface area contributed by atoms with Gasteiger partial charge in [0.2, 0.25) is 0 Å². The molecule has 0 amide bonds. The van der Waals surface area contributed by atoms with Crippen LogP contribution in [-0.4, -0.2) is 38.6 Å². The van der Waals surface area contributed by atoms with E-state index in [1.165, 1.54) is 11.3 Å². The summed E-state index contributed by atoms with van der Waals surface area (Å²) < 4.78 is 3.73. The SMILES string of the molecule is CN=C(NCc1cnn(C)c1)NC(C)Cc1c(C)nn(C)c1C.I. The molecule has 0 fully saturated rings. The molecule has 134 valence electrons. The summed E-state index contributed by atoms with van der Waals surface area (Å²) in [6, 6.07) is 0.261. The van der Waals surface area contributed by atoms with Gasteiger partial charge in [0.25, 0.3) is 0 Å². The van der Waals surface area contributed by atoms with Crippen molar-refractivity contribution in [3.8, 4) is 0 Å². The molecule has 1 unspecified atom stereocenters. The number of nitrogens with one attached hydrogen (secondary N) is 2.